The molecule has 1 atom stereocenters. The Hall–Kier alpha value is -0.410. The molecule has 0 radical (unpaired) electrons. The molecule has 1 fully saturated rings. The highest BCUT2D eigenvalue weighted by molar-refractivity contribution is 7.11. The predicted octanol–water partition coefficient (Wildman–Crippen LogP) is 4.15. The largest absolute Gasteiger partial charge is 0.309 e. The first-order chi connectivity index (χ1) is 8.79. The number of nitrogens with zero attached hydrogens (tertiary/aromatic N) is 1. The van der Waals surface area contributed by atoms with Crippen LogP contribution in [-0.2, 0) is 13.0 Å². The SMILES string of the molecule is CCc1ncc(CN[C@H](C)C2CCCCCC2)s1. The van der Waals surface area contributed by atoms with Crippen LogP contribution < -0.4 is 5.32 Å². The first kappa shape index (κ1) is 14.0. The van der Waals surface area contributed by atoms with Crippen molar-refractivity contribution in [1.82, 2.24) is 10.3 Å². The zero-order valence-electron chi connectivity index (χ0n) is 11.7. The quantitative estimate of drug-likeness (QED) is 0.810. The summed E-state index contributed by atoms with van der Waals surface area (Å²) in [5.41, 5.74) is 0. The van der Waals surface area contributed by atoms with Crippen molar-refractivity contribution in [2.24, 2.45) is 5.92 Å². The van der Waals surface area contributed by atoms with Gasteiger partial charge >= 0.3 is 0 Å². The van der Waals surface area contributed by atoms with Gasteiger partial charge in [-0.3, -0.25) is 0 Å². The van der Waals surface area contributed by atoms with E-state index in [1.807, 2.05) is 17.5 Å². The second-order valence-corrected chi connectivity index (χ2v) is 6.69. The van der Waals surface area contributed by atoms with Crippen LogP contribution in [-0.4, -0.2) is 11.0 Å². The summed E-state index contributed by atoms with van der Waals surface area (Å²) < 4.78 is 0. The minimum absolute atomic E-state index is 0.648. The van der Waals surface area contributed by atoms with E-state index in [2.05, 4.69) is 24.1 Å². The maximum atomic E-state index is 4.42. The molecule has 3 heteroatoms. The summed E-state index contributed by atoms with van der Waals surface area (Å²) in [6, 6.07) is 0.648. The van der Waals surface area contributed by atoms with E-state index in [0.29, 0.717) is 6.04 Å². The van der Waals surface area contributed by atoms with Gasteiger partial charge in [0.25, 0.3) is 0 Å². The van der Waals surface area contributed by atoms with Crippen molar-refractivity contribution in [2.45, 2.75) is 71.4 Å². The van der Waals surface area contributed by atoms with Crippen molar-refractivity contribution in [1.29, 1.82) is 0 Å². The number of hydrogen-bond donors (Lipinski definition) is 1. The number of aromatic nitrogens is 1. The average Bonchev–Trinajstić information content (AvgIpc) is 2.68. The lowest BCUT2D eigenvalue weighted by molar-refractivity contribution is 0.337. The fourth-order valence-electron chi connectivity index (χ4n) is 2.83. The Kier molecular flexibility index (Phi) is 5.64. The fraction of sp³-hybridized carbons (Fsp3) is 0.800. The summed E-state index contributed by atoms with van der Waals surface area (Å²) in [7, 11) is 0. The van der Waals surface area contributed by atoms with Crippen LogP contribution in [0.3, 0.4) is 0 Å². The maximum Gasteiger partial charge on any atom is 0.0925 e. The fourth-order valence-corrected chi connectivity index (χ4v) is 3.65. The first-order valence-corrected chi connectivity index (χ1v) is 8.28. The van der Waals surface area contributed by atoms with Crippen molar-refractivity contribution >= 4 is 11.3 Å². The van der Waals surface area contributed by atoms with Gasteiger partial charge in [0.15, 0.2) is 0 Å². The van der Waals surface area contributed by atoms with E-state index >= 15 is 0 Å². The van der Waals surface area contributed by atoms with Gasteiger partial charge in [-0.15, -0.1) is 11.3 Å². The molecule has 1 N–H and O–H groups in total. The summed E-state index contributed by atoms with van der Waals surface area (Å²) in [6.45, 7) is 5.53. The Bertz CT molecular complexity index is 340. The summed E-state index contributed by atoms with van der Waals surface area (Å²) in [5, 5.41) is 4.96. The van der Waals surface area contributed by atoms with Crippen LogP contribution in [0.4, 0.5) is 0 Å². The molecule has 0 aliphatic heterocycles. The smallest absolute Gasteiger partial charge is 0.0925 e. The molecule has 102 valence electrons. The van der Waals surface area contributed by atoms with Gasteiger partial charge in [0.05, 0.1) is 5.01 Å². The highest BCUT2D eigenvalue weighted by atomic mass is 32.1. The van der Waals surface area contributed by atoms with E-state index in [1.54, 1.807) is 0 Å². The third kappa shape index (κ3) is 4.06. The number of nitrogens with one attached hydrogen (secondary N) is 1. The van der Waals surface area contributed by atoms with E-state index in [0.717, 1.165) is 18.9 Å². The summed E-state index contributed by atoms with van der Waals surface area (Å²) in [4.78, 5) is 5.80. The van der Waals surface area contributed by atoms with Gasteiger partial charge in [-0.1, -0.05) is 32.6 Å². The zero-order chi connectivity index (χ0) is 12.8. The molecular formula is C15H26N2S. The number of hydrogen-bond acceptors (Lipinski definition) is 3. The van der Waals surface area contributed by atoms with Gasteiger partial charge in [0, 0.05) is 23.7 Å². The topological polar surface area (TPSA) is 24.9 Å². The van der Waals surface area contributed by atoms with Crippen LogP contribution in [0, 0.1) is 5.92 Å². The predicted molar refractivity (Wildman–Crippen MR) is 79.0 cm³/mol. The second kappa shape index (κ2) is 7.25. The molecule has 2 rings (SSSR count). The van der Waals surface area contributed by atoms with Crippen LogP contribution in [0.2, 0.25) is 0 Å². The highest BCUT2D eigenvalue weighted by Gasteiger charge is 2.18. The minimum Gasteiger partial charge on any atom is -0.309 e. The van der Waals surface area contributed by atoms with E-state index in [-0.39, 0.29) is 0 Å². The molecule has 0 aromatic carbocycles. The Morgan fingerprint density at radius 2 is 2.06 bits per heavy atom. The monoisotopic (exact) mass is 266 g/mol. The van der Waals surface area contributed by atoms with Gasteiger partial charge in [0.1, 0.15) is 0 Å². The average molecular weight is 266 g/mol. The summed E-state index contributed by atoms with van der Waals surface area (Å²) in [6.07, 6.45) is 11.7. The Balaban J connectivity index is 1.77. The first-order valence-electron chi connectivity index (χ1n) is 7.46. The van der Waals surface area contributed by atoms with E-state index in [1.165, 1.54) is 48.4 Å². The molecule has 1 aromatic heterocycles. The molecular weight excluding hydrogens is 240 g/mol. The van der Waals surface area contributed by atoms with Gasteiger partial charge < -0.3 is 5.32 Å². The normalized spacial score (nSPS) is 19.7. The van der Waals surface area contributed by atoms with Crippen LogP contribution >= 0.6 is 11.3 Å². The van der Waals surface area contributed by atoms with E-state index in [9.17, 15) is 0 Å². The molecule has 0 spiro atoms. The third-order valence-corrected chi connectivity index (χ3v) is 5.25. The molecule has 18 heavy (non-hydrogen) atoms. The number of rotatable bonds is 5. The Morgan fingerprint density at radius 1 is 1.33 bits per heavy atom. The molecule has 0 bridgehead atoms. The van der Waals surface area contributed by atoms with Gasteiger partial charge in [-0.25, -0.2) is 4.98 Å². The van der Waals surface area contributed by atoms with Gasteiger partial charge in [-0.05, 0) is 32.1 Å². The van der Waals surface area contributed by atoms with Crippen molar-refractivity contribution in [3.05, 3.63) is 16.1 Å². The third-order valence-electron chi connectivity index (χ3n) is 4.11. The molecule has 1 heterocycles. The molecule has 1 aliphatic rings. The molecule has 0 unspecified atom stereocenters. The zero-order valence-corrected chi connectivity index (χ0v) is 12.6. The lowest BCUT2D eigenvalue weighted by Crippen LogP contribution is -2.32. The number of thiazole rings is 1. The molecule has 1 aliphatic carbocycles. The van der Waals surface area contributed by atoms with E-state index < -0.39 is 0 Å². The van der Waals surface area contributed by atoms with E-state index in [4.69, 9.17) is 0 Å². The lowest BCUT2D eigenvalue weighted by atomic mass is 9.93. The van der Waals surface area contributed by atoms with Crippen LogP contribution in [0.15, 0.2) is 6.20 Å². The Labute approximate surface area is 115 Å². The van der Waals surface area contributed by atoms with Gasteiger partial charge in [0.2, 0.25) is 0 Å². The molecule has 0 amide bonds. The van der Waals surface area contributed by atoms with Crippen LogP contribution in [0.5, 0.6) is 0 Å². The highest BCUT2D eigenvalue weighted by Crippen LogP contribution is 2.25. The second-order valence-electron chi connectivity index (χ2n) is 5.50. The maximum absolute atomic E-state index is 4.42. The van der Waals surface area contributed by atoms with Crippen LogP contribution in [0.25, 0.3) is 0 Å². The van der Waals surface area contributed by atoms with Crippen LogP contribution in [0.1, 0.15) is 62.3 Å². The van der Waals surface area contributed by atoms with Crippen molar-refractivity contribution in [3.63, 3.8) is 0 Å². The Morgan fingerprint density at radius 3 is 2.67 bits per heavy atom. The molecule has 0 saturated heterocycles. The summed E-state index contributed by atoms with van der Waals surface area (Å²) in [5.74, 6) is 0.881. The molecule has 1 aromatic rings. The summed E-state index contributed by atoms with van der Waals surface area (Å²) >= 11 is 1.85. The molecule has 1 saturated carbocycles. The lowest BCUT2D eigenvalue weighted by Gasteiger charge is -2.23. The van der Waals surface area contributed by atoms with Crippen molar-refractivity contribution in [2.75, 3.05) is 0 Å². The van der Waals surface area contributed by atoms with Gasteiger partial charge in [-0.2, -0.15) is 0 Å². The van der Waals surface area contributed by atoms with Crippen molar-refractivity contribution in [3.8, 4) is 0 Å². The molecule has 2 nitrogen and oxygen atoms in total. The van der Waals surface area contributed by atoms with Crippen molar-refractivity contribution < 1.29 is 0 Å². The minimum atomic E-state index is 0.648. The standard InChI is InChI=1S/C15H26N2S/c1-3-15-17-11-14(18-15)10-16-12(2)13-8-6-4-5-7-9-13/h11-13,16H,3-10H2,1-2H3/t12-/m1/s1. The number of aryl methyl sites for hydroxylation is 1.